The van der Waals surface area contributed by atoms with Crippen LogP contribution in [0, 0.1) is 11.3 Å². The molecule has 1 aromatic rings. The number of halogens is 1. The smallest absolute Gasteiger partial charge is 0.303 e. The van der Waals surface area contributed by atoms with Crippen LogP contribution in [-0.4, -0.2) is 29.6 Å². The first-order valence-electron chi connectivity index (χ1n) is 7.93. The van der Waals surface area contributed by atoms with Crippen LogP contribution in [0.1, 0.15) is 44.6 Å². The fourth-order valence-corrected chi connectivity index (χ4v) is 3.97. The van der Waals surface area contributed by atoms with Gasteiger partial charge in [-0.2, -0.15) is 0 Å². The van der Waals surface area contributed by atoms with E-state index in [1.807, 2.05) is 6.07 Å². The molecule has 1 aromatic carbocycles. The van der Waals surface area contributed by atoms with Crippen LogP contribution in [0.25, 0.3) is 0 Å². The van der Waals surface area contributed by atoms with Crippen LogP contribution in [0.2, 0.25) is 0 Å². The largest absolute Gasteiger partial charge is 0.481 e. The SMILES string of the molecule is C[C@@H]1CCC[C@@](CC(=O)O)(CN(C)Cc2ccccc2)C1.Cl. The van der Waals surface area contributed by atoms with Crippen LogP contribution in [0.15, 0.2) is 30.3 Å². The van der Waals surface area contributed by atoms with E-state index < -0.39 is 5.97 Å². The molecule has 1 aliphatic carbocycles. The van der Waals surface area contributed by atoms with Gasteiger partial charge in [0.05, 0.1) is 6.42 Å². The van der Waals surface area contributed by atoms with Gasteiger partial charge in [0.2, 0.25) is 0 Å². The number of aliphatic carboxylic acids is 1. The summed E-state index contributed by atoms with van der Waals surface area (Å²) >= 11 is 0. The Kier molecular flexibility index (Phi) is 7.37. The predicted octanol–water partition coefficient (Wildman–Crippen LogP) is 4.21. The molecule has 0 amide bonds. The predicted molar refractivity (Wildman–Crippen MR) is 92.3 cm³/mol. The maximum atomic E-state index is 11.3. The number of hydrogen-bond donors (Lipinski definition) is 1. The summed E-state index contributed by atoms with van der Waals surface area (Å²) in [6.45, 7) is 4.02. The minimum atomic E-state index is -0.655. The van der Waals surface area contributed by atoms with Crippen molar-refractivity contribution in [3.63, 3.8) is 0 Å². The minimum absolute atomic E-state index is 0. The highest BCUT2D eigenvalue weighted by Gasteiger charge is 2.37. The number of nitrogens with zero attached hydrogens (tertiary/aromatic N) is 1. The first kappa shape index (κ1) is 19.0. The third-order valence-corrected chi connectivity index (χ3v) is 4.61. The first-order valence-corrected chi connectivity index (χ1v) is 7.93. The number of benzene rings is 1. The topological polar surface area (TPSA) is 40.5 Å². The molecule has 0 saturated heterocycles. The quantitative estimate of drug-likeness (QED) is 0.851. The number of carboxylic acid groups (broad SMARTS) is 1. The Bertz CT molecular complexity index is 465. The van der Waals surface area contributed by atoms with E-state index in [0.29, 0.717) is 12.3 Å². The second-order valence-electron chi connectivity index (χ2n) is 6.93. The number of carbonyl (C=O) groups is 1. The van der Waals surface area contributed by atoms with Gasteiger partial charge < -0.3 is 10.0 Å². The second-order valence-corrected chi connectivity index (χ2v) is 6.93. The monoisotopic (exact) mass is 325 g/mol. The molecule has 0 bridgehead atoms. The molecule has 3 nitrogen and oxygen atoms in total. The summed E-state index contributed by atoms with van der Waals surface area (Å²) in [5, 5.41) is 9.30. The van der Waals surface area contributed by atoms with Gasteiger partial charge in [0.15, 0.2) is 0 Å². The van der Waals surface area contributed by atoms with Crippen molar-refractivity contribution in [2.24, 2.45) is 11.3 Å². The molecule has 0 radical (unpaired) electrons. The van der Waals surface area contributed by atoms with E-state index in [2.05, 4.69) is 43.1 Å². The zero-order valence-corrected chi connectivity index (χ0v) is 14.4. The van der Waals surface area contributed by atoms with Gasteiger partial charge in [0.25, 0.3) is 0 Å². The molecule has 124 valence electrons. The van der Waals surface area contributed by atoms with Crippen molar-refractivity contribution >= 4 is 18.4 Å². The fraction of sp³-hybridized carbons (Fsp3) is 0.611. The van der Waals surface area contributed by atoms with Crippen LogP contribution in [0.5, 0.6) is 0 Å². The van der Waals surface area contributed by atoms with Gasteiger partial charge in [0, 0.05) is 13.1 Å². The number of rotatable bonds is 6. The van der Waals surface area contributed by atoms with E-state index in [1.54, 1.807) is 0 Å². The molecule has 0 unspecified atom stereocenters. The molecule has 2 rings (SSSR count). The molecule has 0 aromatic heterocycles. The first-order chi connectivity index (χ1) is 9.99. The zero-order chi connectivity index (χ0) is 15.3. The van der Waals surface area contributed by atoms with Gasteiger partial charge in [-0.3, -0.25) is 4.79 Å². The minimum Gasteiger partial charge on any atom is -0.481 e. The van der Waals surface area contributed by atoms with Gasteiger partial charge in [-0.25, -0.2) is 0 Å². The van der Waals surface area contributed by atoms with Gasteiger partial charge >= 0.3 is 5.97 Å². The van der Waals surface area contributed by atoms with E-state index in [9.17, 15) is 9.90 Å². The van der Waals surface area contributed by atoms with Crippen molar-refractivity contribution in [1.29, 1.82) is 0 Å². The molecular formula is C18H28ClNO2. The Balaban J connectivity index is 0.00000242. The summed E-state index contributed by atoms with van der Waals surface area (Å²) in [5.41, 5.74) is 1.24. The zero-order valence-electron chi connectivity index (χ0n) is 13.6. The molecule has 0 aliphatic heterocycles. The standard InChI is InChI=1S/C18H27NO2.ClH/c1-15-7-6-10-18(11-15,12-17(20)21)14-19(2)13-16-8-4-3-5-9-16;/h3-5,8-9,15H,6-7,10-14H2,1-2H3,(H,20,21);1H/t15-,18-;/m1./s1. The van der Waals surface area contributed by atoms with Crippen LogP contribution < -0.4 is 0 Å². The van der Waals surface area contributed by atoms with Crippen LogP contribution in [0.3, 0.4) is 0 Å². The molecule has 1 aliphatic rings. The lowest BCUT2D eigenvalue weighted by molar-refractivity contribution is -0.141. The van der Waals surface area contributed by atoms with Crippen molar-refractivity contribution in [3.8, 4) is 0 Å². The van der Waals surface area contributed by atoms with Gasteiger partial charge in [-0.1, -0.05) is 50.1 Å². The molecule has 4 heteroatoms. The molecule has 0 spiro atoms. The summed E-state index contributed by atoms with van der Waals surface area (Å²) in [4.78, 5) is 13.6. The van der Waals surface area contributed by atoms with Gasteiger partial charge in [0.1, 0.15) is 0 Å². The third kappa shape index (κ3) is 5.62. The maximum absolute atomic E-state index is 11.3. The Morgan fingerprint density at radius 3 is 2.64 bits per heavy atom. The number of hydrogen-bond acceptors (Lipinski definition) is 2. The molecule has 1 saturated carbocycles. The molecular weight excluding hydrogens is 298 g/mol. The highest BCUT2D eigenvalue weighted by Crippen LogP contribution is 2.42. The van der Waals surface area contributed by atoms with Crippen molar-refractivity contribution in [2.75, 3.05) is 13.6 Å². The molecule has 22 heavy (non-hydrogen) atoms. The highest BCUT2D eigenvalue weighted by atomic mass is 35.5. The molecule has 1 N–H and O–H groups in total. The van der Waals surface area contributed by atoms with Gasteiger partial charge in [-0.05, 0) is 36.8 Å². The molecule has 0 heterocycles. The van der Waals surface area contributed by atoms with Crippen LogP contribution in [-0.2, 0) is 11.3 Å². The normalized spacial score (nSPS) is 24.8. The summed E-state index contributed by atoms with van der Waals surface area (Å²) in [5.74, 6) is -0.0135. The maximum Gasteiger partial charge on any atom is 0.303 e. The number of carboxylic acids is 1. The van der Waals surface area contributed by atoms with Crippen molar-refractivity contribution < 1.29 is 9.90 Å². The average Bonchev–Trinajstić information content (AvgIpc) is 2.38. The lowest BCUT2D eigenvalue weighted by Crippen LogP contribution is -2.40. The average molecular weight is 326 g/mol. The Hall–Kier alpha value is -1.06. The Labute approximate surface area is 140 Å². The summed E-state index contributed by atoms with van der Waals surface area (Å²) < 4.78 is 0. The summed E-state index contributed by atoms with van der Waals surface area (Å²) in [7, 11) is 2.11. The Morgan fingerprint density at radius 2 is 2.05 bits per heavy atom. The van der Waals surface area contributed by atoms with E-state index in [1.165, 1.54) is 12.0 Å². The summed E-state index contributed by atoms with van der Waals surface area (Å²) in [6.07, 6.45) is 4.79. The molecule has 1 fully saturated rings. The fourth-order valence-electron chi connectivity index (χ4n) is 3.97. The van der Waals surface area contributed by atoms with Crippen molar-refractivity contribution in [3.05, 3.63) is 35.9 Å². The second kappa shape index (κ2) is 8.54. The lowest BCUT2D eigenvalue weighted by Gasteiger charge is -2.41. The van der Waals surface area contributed by atoms with E-state index in [0.717, 1.165) is 32.4 Å². The van der Waals surface area contributed by atoms with E-state index >= 15 is 0 Å². The van der Waals surface area contributed by atoms with E-state index in [-0.39, 0.29) is 17.8 Å². The third-order valence-electron chi connectivity index (χ3n) is 4.61. The van der Waals surface area contributed by atoms with Crippen molar-refractivity contribution in [1.82, 2.24) is 4.90 Å². The molecule has 2 atom stereocenters. The van der Waals surface area contributed by atoms with Crippen LogP contribution in [0.4, 0.5) is 0 Å². The van der Waals surface area contributed by atoms with Crippen molar-refractivity contribution in [2.45, 2.75) is 45.6 Å². The highest BCUT2D eigenvalue weighted by molar-refractivity contribution is 5.85. The van der Waals surface area contributed by atoms with E-state index in [4.69, 9.17) is 0 Å². The van der Waals surface area contributed by atoms with Gasteiger partial charge in [-0.15, -0.1) is 12.4 Å². The van der Waals surface area contributed by atoms with Crippen LogP contribution >= 0.6 is 12.4 Å². The lowest BCUT2D eigenvalue weighted by atomic mass is 9.68. The summed E-state index contributed by atoms with van der Waals surface area (Å²) in [6, 6.07) is 10.4. The Morgan fingerprint density at radius 1 is 1.36 bits per heavy atom.